The molecule has 0 radical (unpaired) electrons. The Balaban J connectivity index is 2.37. The number of aromatic amines is 1. The fourth-order valence-electron chi connectivity index (χ4n) is 1.05. The van der Waals surface area contributed by atoms with Crippen LogP contribution in [0.5, 0.6) is 0 Å². The fourth-order valence-corrected chi connectivity index (χ4v) is 1.05. The van der Waals surface area contributed by atoms with Crippen molar-refractivity contribution < 1.29 is 14.6 Å². The second kappa shape index (κ2) is 4.98. The van der Waals surface area contributed by atoms with Crippen molar-refractivity contribution in [1.29, 1.82) is 0 Å². The summed E-state index contributed by atoms with van der Waals surface area (Å²) in [6, 6.07) is 0. The van der Waals surface area contributed by atoms with E-state index in [0.29, 0.717) is 11.5 Å². The van der Waals surface area contributed by atoms with Crippen LogP contribution in [0.25, 0.3) is 0 Å². The first-order valence-corrected chi connectivity index (χ1v) is 5.01. The van der Waals surface area contributed by atoms with Crippen molar-refractivity contribution >= 4 is 6.09 Å². The third-order valence-electron chi connectivity index (χ3n) is 1.65. The Morgan fingerprint density at radius 3 is 2.81 bits per heavy atom. The summed E-state index contributed by atoms with van der Waals surface area (Å²) in [5.74, 6) is 0.579. The number of aliphatic hydroxyl groups is 1. The Hall–Kier alpha value is -1.56. The lowest BCUT2D eigenvalue weighted by molar-refractivity contribution is 0.0522. The molecule has 6 heteroatoms. The first kappa shape index (κ1) is 12.5. The molecule has 16 heavy (non-hydrogen) atoms. The van der Waals surface area contributed by atoms with Crippen molar-refractivity contribution in [3.05, 3.63) is 17.7 Å². The van der Waals surface area contributed by atoms with Crippen molar-refractivity contribution in [3.8, 4) is 0 Å². The number of alkyl carbamates (subject to hydrolysis) is 1. The van der Waals surface area contributed by atoms with E-state index in [-0.39, 0.29) is 13.2 Å². The van der Waals surface area contributed by atoms with Gasteiger partial charge in [0.25, 0.3) is 0 Å². The zero-order chi connectivity index (χ0) is 12.2. The van der Waals surface area contributed by atoms with Crippen LogP contribution in [0, 0.1) is 0 Å². The molecule has 0 aliphatic rings. The van der Waals surface area contributed by atoms with Crippen LogP contribution in [0.4, 0.5) is 4.79 Å². The van der Waals surface area contributed by atoms with Gasteiger partial charge in [0.1, 0.15) is 11.4 Å². The number of hydrogen-bond donors (Lipinski definition) is 3. The number of imidazole rings is 1. The van der Waals surface area contributed by atoms with E-state index < -0.39 is 11.7 Å². The number of carbonyl (C=O) groups excluding carboxylic acids is 1. The van der Waals surface area contributed by atoms with Crippen LogP contribution < -0.4 is 5.32 Å². The molecular formula is C10H17N3O3. The van der Waals surface area contributed by atoms with E-state index >= 15 is 0 Å². The monoisotopic (exact) mass is 227 g/mol. The lowest BCUT2D eigenvalue weighted by atomic mass is 10.2. The van der Waals surface area contributed by atoms with Crippen LogP contribution in [-0.4, -0.2) is 26.8 Å². The topological polar surface area (TPSA) is 87.2 Å². The van der Waals surface area contributed by atoms with Gasteiger partial charge in [-0.15, -0.1) is 0 Å². The SMILES string of the molecule is CC(C)(C)OC(=O)NCc1nc(CO)c[nH]1. The summed E-state index contributed by atoms with van der Waals surface area (Å²) in [7, 11) is 0. The molecule has 0 saturated carbocycles. The van der Waals surface area contributed by atoms with Gasteiger partial charge < -0.3 is 20.1 Å². The quantitative estimate of drug-likeness (QED) is 0.716. The number of nitrogens with one attached hydrogen (secondary N) is 2. The van der Waals surface area contributed by atoms with E-state index in [2.05, 4.69) is 15.3 Å². The first-order valence-electron chi connectivity index (χ1n) is 5.01. The van der Waals surface area contributed by atoms with Crippen LogP contribution in [0.3, 0.4) is 0 Å². The highest BCUT2D eigenvalue weighted by Crippen LogP contribution is 2.06. The minimum atomic E-state index is -0.510. The van der Waals surface area contributed by atoms with Gasteiger partial charge in [-0.3, -0.25) is 0 Å². The van der Waals surface area contributed by atoms with Crippen LogP contribution in [0.2, 0.25) is 0 Å². The van der Waals surface area contributed by atoms with Gasteiger partial charge in [-0.05, 0) is 20.8 Å². The lowest BCUT2D eigenvalue weighted by Crippen LogP contribution is -2.32. The van der Waals surface area contributed by atoms with Crippen molar-refractivity contribution in [2.24, 2.45) is 0 Å². The molecule has 1 heterocycles. The van der Waals surface area contributed by atoms with E-state index in [9.17, 15) is 4.79 Å². The zero-order valence-electron chi connectivity index (χ0n) is 9.70. The van der Waals surface area contributed by atoms with Gasteiger partial charge in [-0.2, -0.15) is 0 Å². The average molecular weight is 227 g/mol. The summed E-state index contributed by atoms with van der Waals surface area (Å²) in [6.45, 7) is 5.51. The van der Waals surface area contributed by atoms with E-state index in [1.54, 1.807) is 27.0 Å². The summed E-state index contributed by atoms with van der Waals surface area (Å²) in [5, 5.41) is 11.3. The molecule has 0 aliphatic heterocycles. The largest absolute Gasteiger partial charge is 0.444 e. The minimum absolute atomic E-state index is 0.122. The Morgan fingerprint density at radius 2 is 2.31 bits per heavy atom. The van der Waals surface area contributed by atoms with Gasteiger partial charge in [0.05, 0.1) is 18.8 Å². The van der Waals surface area contributed by atoms with Crippen LogP contribution in [0.15, 0.2) is 6.20 Å². The maximum atomic E-state index is 11.3. The molecular weight excluding hydrogens is 210 g/mol. The number of amides is 1. The van der Waals surface area contributed by atoms with Crippen LogP contribution >= 0.6 is 0 Å². The Bertz CT molecular complexity index is 354. The van der Waals surface area contributed by atoms with E-state index in [4.69, 9.17) is 9.84 Å². The lowest BCUT2D eigenvalue weighted by Gasteiger charge is -2.19. The molecule has 1 rings (SSSR count). The van der Waals surface area contributed by atoms with Crippen LogP contribution in [-0.2, 0) is 17.9 Å². The molecule has 90 valence electrons. The summed E-state index contributed by atoms with van der Waals surface area (Å²) in [6.07, 6.45) is 1.10. The maximum absolute atomic E-state index is 11.3. The Labute approximate surface area is 94.0 Å². The summed E-state index contributed by atoms with van der Waals surface area (Å²) in [4.78, 5) is 18.1. The standard InChI is InChI=1S/C10H17N3O3/c1-10(2,3)16-9(15)12-5-8-11-4-7(6-14)13-8/h4,14H,5-6H2,1-3H3,(H,11,13)(H,12,15). The van der Waals surface area contributed by atoms with Gasteiger partial charge in [0, 0.05) is 6.20 Å². The molecule has 1 aromatic rings. The number of ether oxygens (including phenoxy) is 1. The van der Waals surface area contributed by atoms with Gasteiger partial charge in [0.15, 0.2) is 0 Å². The molecule has 1 amide bonds. The molecule has 0 aliphatic carbocycles. The third kappa shape index (κ3) is 4.31. The number of rotatable bonds is 3. The third-order valence-corrected chi connectivity index (χ3v) is 1.65. The molecule has 0 unspecified atom stereocenters. The number of carbonyl (C=O) groups is 1. The summed E-state index contributed by atoms with van der Waals surface area (Å²) in [5.41, 5.74) is 0.0322. The average Bonchev–Trinajstić information content (AvgIpc) is 2.59. The highest BCUT2D eigenvalue weighted by molar-refractivity contribution is 5.67. The molecule has 0 atom stereocenters. The van der Waals surface area contributed by atoms with E-state index in [1.165, 1.54) is 0 Å². The molecule has 6 nitrogen and oxygen atoms in total. The second-order valence-electron chi connectivity index (χ2n) is 4.35. The fraction of sp³-hybridized carbons (Fsp3) is 0.600. The van der Waals surface area contributed by atoms with Crippen molar-refractivity contribution in [2.45, 2.75) is 39.5 Å². The molecule has 0 aromatic carbocycles. The molecule has 0 spiro atoms. The highest BCUT2D eigenvalue weighted by Gasteiger charge is 2.15. The van der Waals surface area contributed by atoms with Crippen molar-refractivity contribution in [1.82, 2.24) is 15.3 Å². The van der Waals surface area contributed by atoms with Crippen molar-refractivity contribution in [2.75, 3.05) is 0 Å². The molecule has 1 aromatic heterocycles. The first-order chi connectivity index (χ1) is 7.40. The predicted molar refractivity (Wildman–Crippen MR) is 57.6 cm³/mol. The summed E-state index contributed by atoms with van der Waals surface area (Å²) < 4.78 is 5.05. The number of H-pyrrole nitrogens is 1. The zero-order valence-corrected chi connectivity index (χ0v) is 9.70. The maximum Gasteiger partial charge on any atom is 0.408 e. The molecule has 0 bridgehead atoms. The second-order valence-corrected chi connectivity index (χ2v) is 4.35. The number of aliphatic hydroxyl groups excluding tert-OH is 1. The van der Waals surface area contributed by atoms with E-state index in [1.807, 2.05) is 0 Å². The number of aromatic nitrogens is 2. The van der Waals surface area contributed by atoms with Gasteiger partial charge in [-0.1, -0.05) is 0 Å². The Kier molecular flexibility index (Phi) is 3.89. The normalized spacial score (nSPS) is 11.2. The minimum Gasteiger partial charge on any atom is -0.444 e. The molecule has 3 N–H and O–H groups in total. The molecule has 0 saturated heterocycles. The number of hydrogen-bond acceptors (Lipinski definition) is 4. The van der Waals surface area contributed by atoms with Gasteiger partial charge in [-0.25, -0.2) is 9.78 Å². The van der Waals surface area contributed by atoms with Crippen LogP contribution in [0.1, 0.15) is 32.3 Å². The van der Waals surface area contributed by atoms with Crippen molar-refractivity contribution in [3.63, 3.8) is 0 Å². The highest BCUT2D eigenvalue weighted by atomic mass is 16.6. The Morgan fingerprint density at radius 1 is 1.62 bits per heavy atom. The predicted octanol–water partition coefficient (Wildman–Crippen LogP) is 0.927. The van der Waals surface area contributed by atoms with Gasteiger partial charge >= 0.3 is 6.09 Å². The number of nitrogens with zero attached hydrogens (tertiary/aromatic N) is 1. The van der Waals surface area contributed by atoms with E-state index in [0.717, 1.165) is 0 Å². The smallest absolute Gasteiger partial charge is 0.408 e. The molecule has 0 fully saturated rings. The summed E-state index contributed by atoms with van der Waals surface area (Å²) >= 11 is 0. The van der Waals surface area contributed by atoms with Gasteiger partial charge in [0.2, 0.25) is 0 Å².